The van der Waals surface area contributed by atoms with Crippen molar-refractivity contribution in [1.29, 1.82) is 0 Å². The van der Waals surface area contributed by atoms with E-state index in [0.717, 1.165) is 16.8 Å². The second-order valence-electron chi connectivity index (χ2n) is 7.60. The first-order valence-electron chi connectivity index (χ1n) is 10.8. The fraction of sp³-hybridized carbons (Fsp3) is 0.0769. The van der Waals surface area contributed by atoms with Gasteiger partial charge in [-0.25, -0.2) is 4.39 Å². The molecule has 174 valence electrons. The summed E-state index contributed by atoms with van der Waals surface area (Å²) in [5.41, 5.74) is 3.11. The number of nitrogens with zero attached hydrogens (tertiary/aromatic N) is 4. The molecule has 1 N–H and O–H groups in total. The average Bonchev–Trinajstić information content (AvgIpc) is 3.57. The number of nitrogens with one attached hydrogen (secondary N) is 1. The highest BCUT2D eigenvalue weighted by molar-refractivity contribution is 7.98. The van der Waals surface area contributed by atoms with Crippen molar-refractivity contribution in [2.75, 3.05) is 0 Å². The molecule has 0 radical (unpaired) electrons. The van der Waals surface area contributed by atoms with Crippen molar-refractivity contribution >= 4 is 17.7 Å². The summed E-state index contributed by atoms with van der Waals surface area (Å²) in [4.78, 5) is 16.6. The molecular weight excluding hydrogens is 465 g/mol. The Morgan fingerprint density at radius 1 is 1.00 bits per heavy atom. The van der Waals surface area contributed by atoms with E-state index in [0.29, 0.717) is 34.6 Å². The standard InChI is InChI=1S/C26H20FN5O2S/c27-21-6-8-22(9-7-21)32-24(19-10-12-28-13-11-19)30-31-26(32)35-17-18-3-1-4-20(15-18)25(33)29-16-23-5-2-14-34-23/h1-15H,16-17H2,(H,29,33). The van der Waals surface area contributed by atoms with Gasteiger partial charge in [-0.1, -0.05) is 23.9 Å². The number of pyridine rings is 1. The third kappa shape index (κ3) is 5.30. The van der Waals surface area contributed by atoms with E-state index in [4.69, 9.17) is 4.42 Å². The normalized spacial score (nSPS) is 10.9. The zero-order chi connectivity index (χ0) is 24.0. The number of furan rings is 1. The van der Waals surface area contributed by atoms with E-state index < -0.39 is 0 Å². The van der Waals surface area contributed by atoms with E-state index >= 15 is 0 Å². The third-order valence-corrected chi connectivity index (χ3v) is 6.22. The molecular formula is C26H20FN5O2S. The maximum atomic E-state index is 13.6. The molecule has 0 aliphatic carbocycles. The van der Waals surface area contributed by atoms with E-state index in [1.807, 2.05) is 41.0 Å². The Bertz CT molecular complexity index is 1420. The Hall–Kier alpha value is -4.24. The lowest BCUT2D eigenvalue weighted by molar-refractivity contribution is 0.0948. The molecule has 0 aliphatic heterocycles. The molecule has 5 aromatic rings. The highest BCUT2D eigenvalue weighted by Gasteiger charge is 2.17. The third-order valence-electron chi connectivity index (χ3n) is 5.22. The smallest absolute Gasteiger partial charge is 0.251 e. The molecule has 0 fully saturated rings. The number of rotatable bonds is 8. The summed E-state index contributed by atoms with van der Waals surface area (Å²) in [6, 6.07) is 20.9. The van der Waals surface area contributed by atoms with Gasteiger partial charge in [0.25, 0.3) is 5.91 Å². The lowest BCUT2D eigenvalue weighted by atomic mass is 10.1. The van der Waals surface area contributed by atoms with E-state index in [1.54, 1.807) is 42.9 Å². The van der Waals surface area contributed by atoms with Crippen molar-refractivity contribution in [2.45, 2.75) is 17.5 Å². The molecule has 35 heavy (non-hydrogen) atoms. The van der Waals surface area contributed by atoms with Gasteiger partial charge in [-0.05, 0) is 66.2 Å². The zero-order valence-corrected chi connectivity index (χ0v) is 19.3. The van der Waals surface area contributed by atoms with Crippen molar-refractivity contribution in [3.8, 4) is 17.1 Å². The van der Waals surface area contributed by atoms with Crippen LogP contribution in [0.2, 0.25) is 0 Å². The summed E-state index contributed by atoms with van der Waals surface area (Å²) in [7, 11) is 0. The van der Waals surface area contributed by atoms with Crippen LogP contribution in [0.4, 0.5) is 4.39 Å². The molecule has 2 aromatic carbocycles. The quantitative estimate of drug-likeness (QED) is 0.301. The van der Waals surface area contributed by atoms with Crippen molar-refractivity contribution in [3.05, 3.63) is 114 Å². The maximum Gasteiger partial charge on any atom is 0.251 e. The first-order valence-corrected chi connectivity index (χ1v) is 11.8. The summed E-state index contributed by atoms with van der Waals surface area (Å²) in [6.07, 6.45) is 4.95. The molecule has 3 aromatic heterocycles. The molecule has 0 spiro atoms. The van der Waals surface area contributed by atoms with Gasteiger partial charge in [-0.15, -0.1) is 10.2 Å². The molecule has 0 bridgehead atoms. The van der Waals surface area contributed by atoms with Gasteiger partial charge in [0, 0.05) is 35.0 Å². The van der Waals surface area contributed by atoms with Crippen LogP contribution in [-0.2, 0) is 12.3 Å². The van der Waals surface area contributed by atoms with Crippen molar-refractivity contribution in [1.82, 2.24) is 25.1 Å². The SMILES string of the molecule is O=C(NCc1ccco1)c1cccc(CSc2nnc(-c3ccncc3)n2-c2ccc(F)cc2)c1. The number of benzene rings is 2. The number of amides is 1. The van der Waals surface area contributed by atoms with Gasteiger partial charge in [0.2, 0.25) is 0 Å². The lowest BCUT2D eigenvalue weighted by Crippen LogP contribution is -2.22. The van der Waals surface area contributed by atoms with Crippen LogP contribution in [-0.4, -0.2) is 25.7 Å². The fourth-order valence-corrected chi connectivity index (χ4v) is 4.40. The van der Waals surface area contributed by atoms with E-state index in [1.165, 1.54) is 23.9 Å². The molecule has 5 rings (SSSR count). The lowest BCUT2D eigenvalue weighted by Gasteiger charge is -2.11. The van der Waals surface area contributed by atoms with Gasteiger partial charge in [-0.2, -0.15) is 0 Å². The molecule has 1 amide bonds. The van der Waals surface area contributed by atoms with Gasteiger partial charge >= 0.3 is 0 Å². The van der Waals surface area contributed by atoms with Gasteiger partial charge < -0.3 is 9.73 Å². The van der Waals surface area contributed by atoms with Crippen LogP contribution in [0.25, 0.3) is 17.1 Å². The second-order valence-corrected chi connectivity index (χ2v) is 8.55. The van der Waals surface area contributed by atoms with Crippen LogP contribution in [0.1, 0.15) is 21.7 Å². The van der Waals surface area contributed by atoms with Gasteiger partial charge in [0.15, 0.2) is 11.0 Å². The number of hydrogen-bond donors (Lipinski definition) is 1. The Labute approximate surface area is 205 Å². The van der Waals surface area contributed by atoms with Crippen LogP contribution in [0.15, 0.2) is 101 Å². The number of thioether (sulfide) groups is 1. The molecule has 7 nitrogen and oxygen atoms in total. The van der Waals surface area contributed by atoms with Gasteiger partial charge in [0.05, 0.1) is 12.8 Å². The van der Waals surface area contributed by atoms with E-state index in [9.17, 15) is 9.18 Å². The summed E-state index contributed by atoms with van der Waals surface area (Å²) in [5.74, 6) is 1.39. The number of hydrogen-bond acceptors (Lipinski definition) is 6. The highest BCUT2D eigenvalue weighted by atomic mass is 32.2. The summed E-state index contributed by atoms with van der Waals surface area (Å²) >= 11 is 1.48. The largest absolute Gasteiger partial charge is 0.467 e. The Morgan fingerprint density at radius 2 is 1.83 bits per heavy atom. The van der Waals surface area contributed by atoms with E-state index in [2.05, 4.69) is 20.5 Å². The van der Waals surface area contributed by atoms with Crippen LogP contribution >= 0.6 is 11.8 Å². The van der Waals surface area contributed by atoms with Crippen molar-refractivity contribution in [2.24, 2.45) is 0 Å². The second kappa shape index (κ2) is 10.4. The number of carbonyl (C=O) groups is 1. The van der Waals surface area contributed by atoms with Crippen molar-refractivity contribution < 1.29 is 13.6 Å². The Kier molecular flexibility index (Phi) is 6.67. The first kappa shape index (κ1) is 22.5. The topological polar surface area (TPSA) is 85.8 Å². The molecule has 9 heteroatoms. The molecule has 0 aliphatic rings. The maximum absolute atomic E-state index is 13.6. The summed E-state index contributed by atoms with van der Waals surface area (Å²) in [5, 5.41) is 12.3. The number of aromatic nitrogens is 4. The Morgan fingerprint density at radius 3 is 2.60 bits per heavy atom. The van der Waals surface area contributed by atoms with Crippen LogP contribution in [0.3, 0.4) is 0 Å². The number of halogens is 1. The Balaban J connectivity index is 1.36. The minimum absolute atomic E-state index is 0.178. The van der Waals surface area contributed by atoms with Crippen LogP contribution in [0, 0.1) is 5.82 Å². The minimum atomic E-state index is -0.316. The predicted octanol–water partition coefficient (Wildman–Crippen LogP) is 5.28. The molecule has 0 saturated carbocycles. The van der Waals surface area contributed by atoms with Gasteiger partial charge in [0.1, 0.15) is 11.6 Å². The molecule has 0 unspecified atom stereocenters. The molecule has 0 saturated heterocycles. The molecule has 0 atom stereocenters. The average molecular weight is 486 g/mol. The zero-order valence-electron chi connectivity index (χ0n) is 18.5. The highest BCUT2D eigenvalue weighted by Crippen LogP contribution is 2.29. The molecule has 3 heterocycles. The van der Waals surface area contributed by atoms with E-state index in [-0.39, 0.29) is 11.7 Å². The fourth-order valence-electron chi connectivity index (χ4n) is 3.51. The predicted molar refractivity (Wildman–Crippen MR) is 130 cm³/mol. The van der Waals surface area contributed by atoms with Crippen LogP contribution in [0.5, 0.6) is 0 Å². The number of carbonyl (C=O) groups excluding carboxylic acids is 1. The minimum Gasteiger partial charge on any atom is -0.467 e. The monoisotopic (exact) mass is 485 g/mol. The van der Waals surface area contributed by atoms with Gasteiger partial charge in [-0.3, -0.25) is 14.3 Å². The van der Waals surface area contributed by atoms with Crippen molar-refractivity contribution in [3.63, 3.8) is 0 Å². The summed E-state index contributed by atoms with van der Waals surface area (Å²) in [6.45, 7) is 0.323. The summed E-state index contributed by atoms with van der Waals surface area (Å²) < 4.78 is 20.7. The first-order chi connectivity index (χ1) is 17.2. The van der Waals surface area contributed by atoms with Crippen LogP contribution < -0.4 is 5.32 Å².